The Hall–Kier alpha value is -1.26. The number of anilines is 1. The molecular formula is C14H17ClN2OS. The fourth-order valence-electron chi connectivity index (χ4n) is 1.92. The minimum Gasteiger partial charge on any atom is -0.377 e. The highest BCUT2D eigenvalue weighted by atomic mass is 35.5. The lowest BCUT2D eigenvalue weighted by Crippen LogP contribution is -2.19. The first-order valence-corrected chi connectivity index (χ1v) is 7.57. The fourth-order valence-corrected chi connectivity index (χ4v) is 2.90. The second-order valence-electron chi connectivity index (χ2n) is 4.50. The van der Waals surface area contributed by atoms with Crippen LogP contribution in [0.15, 0.2) is 34.6 Å². The highest BCUT2D eigenvalue weighted by Gasteiger charge is 2.08. The van der Waals surface area contributed by atoms with E-state index < -0.39 is 0 Å². The molecule has 0 aliphatic rings. The third kappa shape index (κ3) is 3.61. The van der Waals surface area contributed by atoms with Crippen molar-refractivity contribution in [3.05, 3.63) is 50.0 Å². The molecule has 0 aliphatic heterocycles. The van der Waals surface area contributed by atoms with Gasteiger partial charge in [0.2, 0.25) is 0 Å². The molecule has 5 heteroatoms. The molecule has 1 atom stereocenters. The standard InChI is InChI=1S/C14H17ClN2OS/c1-3-6-17-8-12(4-5-14(17)18)16-10(2)11-7-13(15)19-9-11/h4-5,7-10,16H,3,6H2,1-2H3. The van der Waals surface area contributed by atoms with Gasteiger partial charge >= 0.3 is 0 Å². The predicted molar refractivity (Wildman–Crippen MR) is 82.4 cm³/mol. The number of aromatic nitrogens is 1. The van der Waals surface area contributed by atoms with Crippen LogP contribution in [0.3, 0.4) is 0 Å². The number of halogens is 1. The Morgan fingerprint density at radius 1 is 1.47 bits per heavy atom. The molecule has 2 rings (SSSR count). The number of nitrogens with one attached hydrogen (secondary N) is 1. The first-order chi connectivity index (χ1) is 9.10. The summed E-state index contributed by atoms with van der Waals surface area (Å²) in [6.45, 7) is 4.88. The molecule has 2 heterocycles. The average molecular weight is 297 g/mol. The SMILES string of the molecule is CCCn1cc(NC(C)c2csc(Cl)c2)ccc1=O. The van der Waals surface area contributed by atoms with E-state index in [1.165, 1.54) is 11.3 Å². The number of rotatable bonds is 5. The van der Waals surface area contributed by atoms with E-state index in [9.17, 15) is 4.79 Å². The van der Waals surface area contributed by atoms with Crippen molar-refractivity contribution in [2.24, 2.45) is 0 Å². The van der Waals surface area contributed by atoms with Crippen LogP contribution in [0, 0.1) is 0 Å². The van der Waals surface area contributed by atoms with Crippen molar-refractivity contribution >= 4 is 28.6 Å². The smallest absolute Gasteiger partial charge is 0.250 e. The second kappa shape index (κ2) is 6.26. The van der Waals surface area contributed by atoms with Crippen LogP contribution in [0.25, 0.3) is 0 Å². The maximum atomic E-state index is 11.6. The quantitative estimate of drug-likeness (QED) is 0.899. The Labute approximate surface area is 121 Å². The first-order valence-electron chi connectivity index (χ1n) is 6.31. The van der Waals surface area contributed by atoms with Crippen molar-refractivity contribution < 1.29 is 0 Å². The van der Waals surface area contributed by atoms with Crippen molar-refractivity contribution in [1.29, 1.82) is 0 Å². The van der Waals surface area contributed by atoms with Crippen LogP contribution >= 0.6 is 22.9 Å². The van der Waals surface area contributed by atoms with Gasteiger partial charge in [-0.15, -0.1) is 11.3 Å². The summed E-state index contributed by atoms with van der Waals surface area (Å²) in [5.74, 6) is 0. The summed E-state index contributed by atoms with van der Waals surface area (Å²) in [6.07, 6.45) is 2.81. The Kier molecular flexibility index (Phi) is 4.66. The van der Waals surface area contributed by atoms with Gasteiger partial charge in [0.05, 0.1) is 10.0 Å². The molecule has 0 saturated carbocycles. The van der Waals surface area contributed by atoms with Crippen molar-refractivity contribution in [3.8, 4) is 0 Å². The van der Waals surface area contributed by atoms with Gasteiger partial charge in [-0.1, -0.05) is 18.5 Å². The summed E-state index contributed by atoms with van der Waals surface area (Å²) in [4.78, 5) is 11.6. The van der Waals surface area contributed by atoms with E-state index in [2.05, 4.69) is 19.2 Å². The minimum absolute atomic E-state index is 0.0404. The zero-order chi connectivity index (χ0) is 13.8. The maximum Gasteiger partial charge on any atom is 0.250 e. The molecule has 0 fully saturated rings. The van der Waals surface area contributed by atoms with Crippen molar-refractivity contribution in [3.63, 3.8) is 0 Å². The molecule has 0 aromatic carbocycles. The molecule has 3 nitrogen and oxygen atoms in total. The van der Waals surface area contributed by atoms with E-state index in [0.29, 0.717) is 0 Å². The Morgan fingerprint density at radius 2 is 2.26 bits per heavy atom. The molecule has 1 unspecified atom stereocenters. The van der Waals surface area contributed by atoms with Gasteiger partial charge in [-0.05, 0) is 36.4 Å². The maximum absolute atomic E-state index is 11.6. The summed E-state index contributed by atoms with van der Waals surface area (Å²) in [5.41, 5.74) is 2.14. The molecular weight excluding hydrogens is 280 g/mol. The van der Waals surface area contributed by atoms with Crippen molar-refractivity contribution in [1.82, 2.24) is 4.57 Å². The van der Waals surface area contributed by atoms with Gasteiger partial charge in [0.1, 0.15) is 0 Å². The van der Waals surface area contributed by atoms with Crippen LogP contribution in [0.1, 0.15) is 31.9 Å². The van der Waals surface area contributed by atoms with Crippen molar-refractivity contribution in [2.45, 2.75) is 32.9 Å². The lowest BCUT2D eigenvalue weighted by Gasteiger charge is -2.15. The topological polar surface area (TPSA) is 34.0 Å². The van der Waals surface area contributed by atoms with E-state index in [1.807, 2.05) is 23.7 Å². The number of pyridine rings is 1. The molecule has 1 N–H and O–H groups in total. The largest absolute Gasteiger partial charge is 0.377 e. The Bertz CT molecular complexity index is 605. The molecule has 0 amide bonds. The highest BCUT2D eigenvalue weighted by molar-refractivity contribution is 7.14. The number of aryl methyl sites for hydroxylation is 1. The zero-order valence-electron chi connectivity index (χ0n) is 11.0. The van der Waals surface area contributed by atoms with E-state index in [-0.39, 0.29) is 11.6 Å². The molecule has 0 saturated heterocycles. The second-order valence-corrected chi connectivity index (χ2v) is 6.04. The van der Waals surface area contributed by atoms with Gasteiger partial charge in [0.25, 0.3) is 5.56 Å². The molecule has 0 radical (unpaired) electrons. The first kappa shape index (κ1) is 14.2. The lowest BCUT2D eigenvalue weighted by molar-refractivity contribution is 0.654. The normalized spacial score (nSPS) is 12.4. The van der Waals surface area contributed by atoms with Gasteiger partial charge in [-0.25, -0.2) is 0 Å². The van der Waals surface area contributed by atoms with Crippen molar-refractivity contribution in [2.75, 3.05) is 5.32 Å². The van der Waals surface area contributed by atoms with E-state index >= 15 is 0 Å². The summed E-state index contributed by atoms with van der Waals surface area (Å²) >= 11 is 7.47. The van der Waals surface area contributed by atoms with Crippen LogP contribution in [0.5, 0.6) is 0 Å². The summed E-state index contributed by atoms with van der Waals surface area (Å²) in [5, 5.41) is 5.43. The van der Waals surface area contributed by atoms with Gasteiger partial charge in [-0.3, -0.25) is 4.79 Å². The number of hydrogen-bond acceptors (Lipinski definition) is 3. The van der Waals surface area contributed by atoms with Crippen LogP contribution in [0.4, 0.5) is 5.69 Å². The fraction of sp³-hybridized carbons (Fsp3) is 0.357. The third-order valence-electron chi connectivity index (χ3n) is 2.92. The van der Waals surface area contributed by atoms with Gasteiger partial charge in [-0.2, -0.15) is 0 Å². The number of hydrogen-bond donors (Lipinski definition) is 1. The predicted octanol–water partition coefficient (Wildman–Crippen LogP) is 4.15. The van der Waals surface area contributed by atoms with Crippen LogP contribution in [-0.2, 0) is 6.54 Å². The highest BCUT2D eigenvalue weighted by Crippen LogP contribution is 2.26. The van der Waals surface area contributed by atoms with E-state index in [1.54, 1.807) is 10.6 Å². The minimum atomic E-state index is 0.0404. The molecule has 0 bridgehead atoms. The third-order valence-corrected chi connectivity index (χ3v) is 4.03. The number of nitrogens with zero attached hydrogens (tertiary/aromatic N) is 1. The van der Waals surface area contributed by atoms with Crippen LogP contribution < -0.4 is 10.9 Å². The summed E-state index contributed by atoms with van der Waals surface area (Å²) < 4.78 is 2.52. The summed E-state index contributed by atoms with van der Waals surface area (Å²) in [7, 11) is 0. The van der Waals surface area contributed by atoms with Gasteiger partial charge < -0.3 is 9.88 Å². The lowest BCUT2D eigenvalue weighted by atomic mass is 10.2. The molecule has 2 aromatic rings. The van der Waals surface area contributed by atoms with Crippen LogP contribution in [0.2, 0.25) is 4.34 Å². The number of thiophene rings is 1. The monoisotopic (exact) mass is 296 g/mol. The van der Waals surface area contributed by atoms with E-state index in [4.69, 9.17) is 11.6 Å². The molecule has 0 spiro atoms. The Morgan fingerprint density at radius 3 is 2.89 bits per heavy atom. The van der Waals surface area contributed by atoms with Gasteiger partial charge in [0.15, 0.2) is 0 Å². The van der Waals surface area contributed by atoms with E-state index in [0.717, 1.165) is 28.6 Å². The molecule has 102 valence electrons. The zero-order valence-corrected chi connectivity index (χ0v) is 12.6. The van der Waals surface area contributed by atoms with Gasteiger partial charge in [0, 0.05) is 24.8 Å². The molecule has 0 aliphatic carbocycles. The Balaban J connectivity index is 2.14. The average Bonchev–Trinajstić information content (AvgIpc) is 2.80. The summed E-state index contributed by atoms with van der Waals surface area (Å²) in [6, 6.07) is 5.55. The molecule has 19 heavy (non-hydrogen) atoms. The molecule has 2 aromatic heterocycles. The van der Waals surface area contributed by atoms with Crippen LogP contribution in [-0.4, -0.2) is 4.57 Å².